The molecule has 1 aliphatic heterocycles. The van der Waals surface area contributed by atoms with Crippen molar-refractivity contribution >= 4 is 5.95 Å². The van der Waals surface area contributed by atoms with E-state index in [1.807, 2.05) is 17.9 Å². The second-order valence-electron chi connectivity index (χ2n) is 4.91. The van der Waals surface area contributed by atoms with Gasteiger partial charge in [-0.05, 0) is 25.8 Å². The molecule has 2 aromatic rings. The molecule has 3 heterocycles. The molecular weight excluding hydrogens is 244 g/mol. The summed E-state index contributed by atoms with van der Waals surface area (Å²) in [6, 6.07) is 1.86. The first-order chi connectivity index (χ1) is 9.17. The number of nitrogens with zero attached hydrogens (tertiary/aromatic N) is 5. The van der Waals surface area contributed by atoms with Crippen molar-refractivity contribution in [2.45, 2.75) is 25.4 Å². The molecule has 0 amide bonds. The number of piperidine rings is 1. The van der Waals surface area contributed by atoms with Crippen molar-refractivity contribution < 1.29 is 5.11 Å². The number of rotatable bonds is 2. The summed E-state index contributed by atoms with van der Waals surface area (Å²) in [5.74, 6) is 0.654. The highest BCUT2D eigenvalue weighted by atomic mass is 16.3. The van der Waals surface area contributed by atoms with Crippen LogP contribution in [-0.2, 0) is 5.60 Å². The quantitative estimate of drug-likeness (QED) is 0.811. The summed E-state index contributed by atoms with van der Waals surface area (Å²) >= 11 is 0. The highest BCUT2D eigenvalue weighted by molar-refractivity contribution is 5.33. The smallest absolute Gasteiger partial charge is 0.225 e. The lowest BCUT2D eigenvalue weighted by atomic mass is 9.90. The molecule has 100 valence electrons. The lowest BCUT2D eigenvalue weighted by molar-refractivity contribution is 0.0172. The van der Waals surface area contributed by atoms with Crippen LogP contribution in [0, 0.1) is 6.92 Å². The van der Waals surface area contributed by atoms with Crippen molar-refractivity contribution in [1.82, 2.24) is 25.4 Å². The second kappa shape index (κ2) is 4.58. The summed E-state index contributed by atoms with van der Waals surface area (Å²) in [7, 11) is 0. The second-order valence-corrected chi connectivity index (χ2v) is 4.91. The fourth-order valence-electron chi connectivity index (χ4n) is 2.43. The zero-order valence-corrected chi connectivity index (χ0v) is 10.7. The van der Waals surface area contributed by atoms with Crippen LogP contribution in [-0.4, -0.2) is 43.6 Å². The summed E-state index contributed by atoms with van der Waals surface area (Å²) in [6.45, 7) is 3.20. The van der Waals surface area contributed by atoms with Gasteiger partial charge in [-0.2, -0.15) is 15.4 Å². The number of hydrogen-bond donors (Lipinski definition) is 2. The molecule has 0 bridgehead atoms. The van der Waals surface area contributed by atoms with Gasteiger partial charge in [0.15, 0.2) is 0 Å². The Balaban J connectivity index is 1.86. The Labute approximate surface area is 110 Å². The average Bonchev–Trinajstić information content (AvgIpc) is 2.93. The largest absolute Gasteiger partial charge is 0.382 e. The van der Waals surface area contributed by atoms with E-state index in [1.165, 1.54) is 0 Å². The van der Waals surface area contributed by atoms with E-state index in [2.05, 4.69) is 25.4 Å². The first kappa shape index (κ1) is 12.0. The summed E-state index contributed by atoms with van der Waals surface area (Å²) in [4.78, 5) is 10.7. The summed E-state index contributed by atoms with van der Waals surface area (Å²) < 4.78 is 0. The number of hydrogen-bond acceptors (Lipinski definition) is 6. The third-order valence-corrected chi connectivity index (χ3v) is 3.43. The maximum atomic E-state index is 10.7. The minimum atomic E-state index is -0.988. The minimum absolute atomic E-state index is 0.434. The number of aryl methyl sites for hydroxylation is 1. The van der Waals surface area contributed by atoms with Gasteiger partial charge in [-0.1, -0.05) is 0 Å². The van der Waals surface area contributed by atoms with Gasteiger partial charge in [-0.3, -0.25) is 0 Å². The Hall–Kier alpha value is -2.02. The molecule has 0 saturated carbocycles. The summed E-state index contributed by atoms with van der Waals surface area (Å²) in [6.07, 6.45) is 4.84. The van der Waals surface area contributed by atoms with Crippen LogP contribution in [0.4, 0.5) is 5.95 Å². The fraction of sp³-hybridized carbons (Fsp3) is 0.500. The third kappa shape index (κ3) is 2.28. The number of aliphatic hydroxyl groups is 1. The van der Waals surface area contributed by atoms with Crippen molar-refractivity contribution in [2.75, 3.05) is 18.0 Å². The van der Waals surface area contributed by atoms with Gasteiger partial charge in [0.05, 0.1) is 12.7 Å². The van der Waals surface area contributed by atoms with Gasteiger partial charge >= 0.3 is 0 Å². The van der Waals surface area contributed by atoms with Crippen LogP contribution in [0.15, 0.2) is 18.5 Å². The predicted octanol–water partition coefficient (Wildman–Crippen LogP) is 0.391. The van der Waals surface area contributed by atoms with Crippen molar-refractivity contribution in [2.24, 2.45) is 0 Å². The van der Waals surface area contributed by atoms with E-state index in [-0.39, 0.29) is 0 Å². The average molecular weight is 260 g/mol. The molecule has 1 saturated heterocycles. The Morgan fingerprint density at radius 2 is 2.37 bits per heavy atom. The van der Waals surface area contributed by atoms with Crippen LogP contribution in [0.1, 0.15) is 24.2 Å². The maximum absolute atomic E-state index is 10.7. The molecule has 2 N–H and O–H groups in total. The van der Waals surface area contributed by atoms with Crippen LogP contribution in [0.5, 0.6) is 0 Å². The van der Waals surface area contributed by atoms with Crippen LogP contribution in [0.3, 0.4) is 0 Å². The van der Waals surface area contributed by atoms with Crippen molar-refractivity contribution in [3.8, 4) is 0 Å². The maximum Gasteiger partial charge on any atom is 0.225 e. The Morgan fingerprint density at radius 3 is 3.11 bits per heavy atom. The molecule has 0 aromatic carbocycles. The third-order valence-electron chi connectivity index (χ3n) is 3.43. The first-order valence-electron chi connectivity index (χ1n) is 6.31. The highest BCUT2D eigenvalue weighted by Crippen LogP contribution is 2.31. The molecule has 19 heavy (non-hydrogen) atoms. The Kier molecular flexibility index (Phi) is 2.90. The molecule has 1 fully saturated rings. The fourth-order valence-corrected chi connectivity index (χ4v) is 2.43. The topological polar surface area (TPSA) is 90.8 Å². The molecule has 1 aliphatic rings. The number of H-pyrrole nitrogens is 1. The number of nitrogens with one attached hydrogen (secondary N) is 1. The van der Waals surface area contributed by atoms with Crippen molar-refractivity contribution in [3.05, 3.63) is 29.8 Å². The zero-order chi connectivity index (χ0) is 13.3. The monoisotopic (exact) mass is 260 g/mol. The van der Waals surface area contributed by atoms with Crippen LogP contribution < -0.4 is 4.90 Å². The molecule has 7 nitrogen and oxygen atoms in total. The summed E-state index contributed by atoms with van der Waals surface area (Å²) in [5, 5.41) is 21.0. The Morgan fingerprint density at radius 1 is 1.47 bits per heavy atom. The van der Waals surface area contributed by atoms with E-state index >= 15 is 0 Å². The number of aromatic amines is 1. The zero-order valence-electron chi connectivity index (χ0n) is 10.7. The number of anilines is 1. The SMILES string of the molecule is Cc1ccnc(N2CCC[C@@](O)(c3cn[nH]n3)C2)n1. The van der Waals surface area contributed by atoms with Gasteiger partial charge < -0.3 is 10.0 Å². The van der Waals surface area contributed by atoms with Crippen molar-refractivity contribution in [1.29, 1.82) is 0 Å². The molecule has 0 spiro atoms. The Bertz CT molecular complexity index is 557. The highest BCUT2D eigenvalue weighted by Gasteiger charge is 2.38. The van der Waals surface area contributed by atoms with E-state index in [4.69, 9.17) is 0 Å². The molecule has 1 atom stereocenters. The van der Waals surface area contributed by atoms with Gasteiger partial charge in [-0.15, -0.1) is 0 Å². The van der Waals surface area contributed by atoms with Crippen LogP contribution in [0.25, 0.3) is 0 Å². The molecule has 0 aliphatic carbocycles. The standard InChI is InChI=1S/C12H16N6O/c1-9-3-5-13-11(15-9)18-6-2-4-12(19,8-18)10-7-14-17-16-10/h3,5,7,19H,2,4,6,8H2,1H3,(H,14,16,17)/t12-/m0/s1. The van der Waals surface area contributed by atoms with Gasteiger partial charge in [0, 0.05) is 18.4 Å². The molecule has 0 radical (unpaired) electrons. The van der Waals surface area contributed by atoms with E-state index in [0.29, 0.717) is 24.6 Å². The van der Waals surface area contributed by atoms with E-state index in [0.717, 1.165) is 18.7 Å². The van der Waals surface area contributed by atoms with E-state index in [1.54, 1.807) is 12.4 Å². The molecule has 0 unspecified atom stereocenters. The molecular formula is C12H16N6O. The lowest BCUT2D eigenvalue weighted by Crippen LogP contribution is -2.47. The van der Waals surface area contributed by atoms with Crippen molar-refractivity contribution in [3.63, 3.8) is 0 Å². The molecule has 3 rings (SSSR count). The van der Waals surface area contributed by atoms with Crippen LogP contribution >= 0.6 is 0 Å². The first-order valence-corrected chi connectivity index (χ1v) is 6.31. The number of aromatic nitrogens is 5. The molecule has 7 heteroatoms. The molecule has 2 aromatic heterocycles. The van der Waals surface area contributed by atoms with E-state index in [9.17, 15) is 5.11 Å². The van der Waals surface area contributed by atoms with Gasteiger partial charge in [0.1, 0.15) is 11.3 Å². The van der Waals surface area contributed by atoms with Gasteiger partial charge in [0.25, 0.3) is 0 Å². The predicted molar refractivity (Wildman–Crippen MR) is 68.5 cm³/mol. The van der Waals surface area contributed by atoms with Crippen LogP contribution in [0.2, 0.25) is 0 Å². The summed E-state index contributed by atoms with van der Waals surface area (Å²) in [5.41, 5.74) is 0.503. The van der Waals surface area contributed by atoms with Gasteiger partial charge in [-0.25, -0.2) is 9.97 Å². The normalized spacial score (nSPS) is 23.6. The lowest BCUT2D eigenvalue weighted by Gasteiger charge is -2.37. The minimum Gasteiger partial charge on any atom is -0.382 e. The van der Waals surface area contributed by atoms with Gasteiger partial charge in [0.2, 0.25) is 5.95 Å². The van der Waals surface area contributed by atoms with E-state index < -0.39 is 5.60 Å². The number of β-amino-alcohol motifs (C(OH)–C–C–N with tert-alkyl or cyclic N) is 1.